The van der Waals surface area contributed by atoms with Gasteiger partial charge in [-0.25, -0.2) is 4.98 Å². The van der Waals surface area contributed by atoms with Crippen LogP contribution in [-0.2, 0) is 6.61 Å². The molecule has 4 rings (SSSR count). The Morgan fingerprint density at radius 1 is 0.966 bits per heavy atom. The molecule has 5 heteroatoms. The third-order valence-corrected chi connectivity index (χ3v) is 4.49. The normalized spacial score (nSPS) is 11.0. The van der Waals surface area contributed by atoms with Gasteiger partial charge in [0.05, 0.1) is 28.2 Å². The average molecular weight is 376 g/mol. The molecule has 138 valence electrons. The molecule has 0 aliphatic heterocycles. The van der Waals surface area contributed by atoms with Crippen molar-refractivity contribution in [3.63, 3.8) is 0 Å². The maximum Gasteiger partial charge on any atom is 0.149 e. The highest BCUT2D eigenvalue weighted by Crippen LogP contribution is 2.21. The van der Waals surface area contributed by atoms with E-state index in [1.54, 1.807) is 12.1 Å². The van der Waals surface area contributed by atoms with Gasteiger partial charge >= 0.3 is 0 Å². The zero-order valence-corrected chi connectivity index (χ0v) is 15.5. The Bertz CT molecular complexity index is 1240. The number of fused-ring (bicyclic) bond motifs is 1. The molecule has 1 aromatic heterocycles. The summed E-state index contributed by atoms with van der Waals surface area (Å²) in [5.74, 6) is 1.24. The van der Waals surface area contributed by atoms with Crippen LogP contribution in [0, 0.1) is 22.7 Å². The number of para-hydroxylation sites is 2. The second-order valence-electron chi connectivity index (χ2n) is 6.40. The van der Waals surface area contributed by atoms with E-state index < -0.39 is 0 Å². The zero-order valence-electron chi connectivity index (χ0n) is 15.5. The molecule has 0 saturated heterocycles. The molecule has 0 radical (unpaired) electrons. The minimum atomic E-state index is 0.321. The van der Waals surface area contributed by atoms with Gasteiger partial charge in [-0.1, -0.05) is 42.5 Å². The monoisotopic (exact) mass is 376 g/mol. The quantitative estimate of drug-likeness (QED) is 0.492. The molecule has 0 saturated carbocycles. The number of imidazole rings is 1. The first-order valence-corrected chi connectivity index (χ1v) is 9.04. The number of H-pyrrole nitrogens is 1. The molecule has 0 atom stereocenters. The highest BCUT2D eigenvalue weighted by molar-refractivity contribution is 5.90. The molecule has 0 unspecified atom stereocenters. The van der Waals surface area contributed by atoms with Crippen LogP contribution in [0.1, 0.15) is 22.5 Å². The van der Waals surface area contributed by atoms with Gasteiger partial charge < -0.3 is 9.72 Å². The van der Waals surface area contributed by atoms with Gasteiger partial charge in [0.1, 0.15) is 24.3 Å². The molecule has 0 bridgehead atoms. The van der Waals surface area contributed by atoms with Crippen LogP contribution in [-0.4, -0.2) is 9.97 Å². The summed E-state index contributed by atoms with van der Waals surface area (Å²) >= 11 is 0. The number of nitrogens with one attached hydrogen (secondary N) is 1. The van der Waals surface area contributed by atoms with Crippen molar-refractivity contribution in [3.8, 4) is 17.9 Å². The van der Waals surface area contributed by atoms with Gasteiger partial charge in [0.15, 0.2) is 0 Å². The third-order valence-electron chi connectivity index (χ3n) is 4.49. The molecular weight excluding hydrogens is 360 g/mol. The van der Waals surface area contributed by atoms with Gasteiger partial charge in [-0.3, -0.25) is 0 Å². The predicted octanol–water partition coefficient (Wildman–Crippen LogP) is 5.08. The number of ether oxygens (including phenoxy) is 1. The van der Waals surface area contributed by atoms with Crippen molar-refractivity contribution >= 4 is 22.7 Å². The van der Waals surface area contributed by atoms with E-state index in [1.165, 1.54) is 0 Å². The summed E-state index contributed by atoms with van der Waals surface area (Å²) in [6.45, 7) is 0.321. The summed E-state index contributed by atoms with van der Waals surface area (Å²) < 4.78 is 5.79. The van der Waals surface area contributed by atoms with Crippen LogP contribution in [0.4, 0.5) is 0 Å². The summed E-state index contributed by atoms with van der Waals surface area (Å²) in [5.41, 5.74) is 4.49. The highest BCUT2D eigenvalue weighted by atomic mass is 16.5. The number of hydrogen-bond acceptors (Lipinski definition) is 4. The number of aromatic nitrogens is 2. The third kappa shape index (κ3) is 4.00. The molecule has 29 heavy (non-hydrogen) atoms. The SMILES string of the molecule is N#C/C(=C\c1ccc(OCc2ccccc2C#N)cc1)c1nc2ccccc2[nH]1. The standard InChI is InChI=1S/C24H16N4O/c25-14-18-5-1-2-6-19(18)16-29-21-11-9-17(10-12-21)13-20(15-26)24-27-22-7-3-4-8-23(22)28-24/h1-13H,16H2,(H,27,28)/b20-13+. The van der Waals surface area contributed by atoms with E-state index in [9.17, 15) is 5.26 Å². The second kappa shape index (κ2) is 8.12. The Kier molecular flexibility index (Phi) is 5.05. The predicted molar refractivity (Wildman–Crippen MR) is 112 cm³/mol. The minimum absolute atomic E-state index is 0.321. The van der Waals surface area contributed by atoms with Crippen molar-refractivity contribution in [1.82, 2.24) is 9.97 Å². The fourth-order valence-electron chi connectivity index (χ4n) is 2.98. The van der Waals surface area contributed by atoms with Crippen molar-refractivity contribution in [2.45, 2.75) is 6.61 Å². The summed E-state index contributed by atoms with van der Waals surface area (Å²) in [4.78, 5) is 7.65. The number of rotatable bonds is 5. The Balaban J connectivity index is 1.51. The summed E-state index contributed by atoms with van der Waals surface area (Å²) in [6.07, 6.45) is 1.78. The second-order valence-corrected chi connectivity index (χ2v) is 6.40. The van der Waals surface area contributed by atoms with Gasteiger partial charge in [0.25, 0.3) is 0 Å². The maximum atomic E-state index is 9.55. The van der Waals surface area contributed by atoms with Crippen molar-refractivity contribution in [2.75, 3.05) is 0 Å². The van der Waals surface area contributed by atoms with Crippen molar-refractivity contribution < 1.29 is 4.74 Å². The van der Waals surface area contributed by atoms with Crippen LogP contribution in [0.5, 0.6) is 5.75 Å². The van der Waals surface area contributed by atoms with Crippen LogP contribution in [0.3, 0.4) is 0 Å². The van der Waals surface area contributed by atoms with Gasteiger partial charge in [0, 0.05) is 5.56 Å². The number of allylic oxidation sites excluding steroid dienone is 1. The van der Waals surface area contributed by atoms with E-state index >= 15 is 0 Å². The molecule has 5 nitrogen and oxygen atoms in total. The lowest BCUT2D eigenvalue weighted by Crippen LogP contribution is -1.98. The van der Waals surface area contributed by atoms with E-state index in [2.05, 4.69) is 22.1 Å². The van der Waals surface area contributed by atoms with Crippen LogP contribution >= 0.6 is 0 Å². The number of nitrogens with zero attached hydrogens (tertiary/aromatic N) is 3. The first-order chi connectivity index (χ1) is 14.3. The number of benzene rings is 3. The molecule has 1 heterocycles. The van der Waals surface area contributed by atoms with E-state index in [4.69, 9.17) is 10.00 Å². The first kappa shape index (κ1) is 18.0. The van der Waals surface area contributed by atoms with Crippen LogP contribution in [0.15, 0.2) is 72.8 Å². The van der Waals surface area contributed by atoms with Crippen LogP contribution in [0.25, 0.3) is 22.7 Å². The first-order valence-electron chi connectivity index (χ1n) is 9.04. The molecule has 0 aliphatic rings. The highest BCUT2D eigenvalue weighted by Gasteiger charge is 2.08. The van der Waals surface area contributed by atoms with Crippen LogP contribution < -0.4 is 4.74 Å². The fourth-order valence-corrected chi connectivity index (χ4v) is 2.98. The molecule has 3 aromatic carbocycles. The van der Waals surface area contributed by atoms with Crippen LogP contribution in [0.2, 0.25) is 0 Å². The maximum absolute atomic E-state index is 9.55. The summed E-state index contributed by atoms with van der Waals surface area (Å²) in [6, 6.07) is 26.9. The van der Waals surface area contributed by atoms with Crippen molar-refractivity contribution in [3.05, 3.63) is 95.3 Å². The van der Waals surface area contributed by atoms with Gasteiger partial charge in [-0.15, -0.1) is 0 Å². The lowest BCUT2D eigenvalue weighted by atomic mass is 10.1. The lowest BCUT2D eigenvalue weighted by molar-refractivity contribution is 0.306. The smallest absolute Gasteiger partial charge is 0.149 e. The number of aromatic amines is 1. The van der Waals surface area contributed by atoms with E-state index in [1.807, 2.05) is 66.7 Å². The summed E-state index contributed by atoms with van der Waals surface area (Å²) in [5, 5.41) is 18.7. The lowest BCUT2D eigenvalue weighted by Gasteiger charge is -2.08. The Morgan fingerprint density at radius 3 is 2.48 bits per heavy atom. The van der Waals surface area contributed by atoms with Gasteiger partial charge in [-0.2, -0.15) is 10.5 Å². The number of nitriles is 2. The molecule has 4 aromatic rings. The largest absolute Gasteiger partial charge is 0.489 e. The topological polar surface area (TPSA) is 85.5 Å². The molecule has 0 spiro atoms. The molecular formula is C24H16N4O. The van der Waals surface area contributed by atoms with Gasteiger partial charge in [-0.05, 0) is 42.0 Å². The van der Waals surface area contributed by atoms with Crippen molar-refractivity contribution in [1.29, 1.82) is 10.5 Å². The molecule has 1 N–H and O–H groups in total. The molecule has 0 amide bonds. The zero-order chi connectivity index (χ0) is 20.1. The Hall–Kier alpha value is -4.35. The summed E-state index contributed by atoms with van der Waals surface area (Å²) in [7, 11) is 0. The Labute approximate surface area is 168 Å². The van der Waals surface area contributed by atoms with E-state index in [0.717, 1.165) is 22.2 Å². The number of hydrogen-bond donors (Lipinski definition) is 1. The average Bonchev–Trinajstić information content (AvgIpc) is 3.21. The Morgan fingerprint density at radius 2 is 1.72 bits per heavy atom. The molecule has 0 fully saturated rings. The van der Waals surface area contributed by atoms with Gasteiger partial charge in [0.2, 0.25) is 0 Å². The molecule has 0 aliphatic carbocycles. The fraction of sp³-hybridized carbons (Fsp3) is 0.0417. The van der Waals surface area contributed by atoms with E-state index in [-0.39, 0.29) is 0 Å². The van der Waals surface area contributed by atoms with E-state index in [0.29, 0.717) is 29.3 Å². The minimum Gasteiger partial charge on any atom is -0.489 e. The van der Waals surface area contributed by atoms with Crippen molar-refractivity contribution in [2.24, 2.45) is 0 Å².